The van der Waals surface area contributed by atoms with E-state index in [-0.39, 0.29) is 4.90 Å². The van der Waals surface area contributed by atoms with Crippen molar-refractivity contribution in [2.45, 2.75) is 24.2 Å². The molecule has 2 rings (SSSR count). The van der Waals surface area contributed by atoms with Gasteiger partial charge in [0.1, 0.15) is 0 Å². The zero-order valence-electron chi connectivity index (χ0n) is 10.1. The molecule has 6 nitrogen and oxygen atoms in total. The van der Waals surface area contributed by atoms with Crippen molar-refractivity contribution in [3.05, 3.63) is 34.1 Å². The molecular weight excluding hydrogens is 275 g/mol. The molecule has 1 saturated heterocycles. The Kier molecular flexibility index (Phi) is 3.81. The van der Waals surface area contributed by atoms with Crippen molar-refractivity contribution in [3.8, 4) is 0 Å². The third-order valence-electron chi connectivity index (χ3n) is 3.07. The quantitative estimate of drug-likeness (QED) is 0.628. The molecule has 1 aromatic carbocycles. The van der Waals surface area contributed by atoms with Gasteiger partial charge in [0.2, 0.25) is 15.8 Å². The highest BCUT2D eigenvalue weighted by atomic mass is 32.2. The van der Waals surface area contributed by atoms with Gasteiger partial charge in [-0.25, -0.2) is 8.42 Å². The van der Waals surface area contributed by atoms with Gasteiger partial charge in [-0.05, 0) is 25.0 Å². The molecule has 8 heteroatoms. The number of nitrogens with zero attached hydrogens (tertiary/aromatic N) is 2. The fourth-order valence-corrected chi connectivity index (χ4v) is 3.58. The number of rotatable bonds is 3. The molecule has 0 N–H and O–H groups in total. The Balaban J connectivity index is 2.40. The van der Waals surface area contributed by atoms with Gasteiger partial charge in [-0.1, -0.05) is 6.42 Å². The molecule has 1 aromatic rings. The van der Waals surface area contributed by atoms with Crippen LogP contribution in [0.2, 0.25) is 0 Å². The van der Waals surface area contributed by atoms with Crippen LogP contribution in [0, 0.1) is 15.9 Å². The average Bonchev–Trinajstić information content (AvgIpc) is 2.39. The van der Waals surface area contributed by atoms with E-state index in [0.29, 0.717) is 13.1 Å². The van der Waals surface area contributed by atoms with Gasteiger partial charge < -0.3 is 0 Å². The van der Waals surface area contributed by atoms with Crippen molar-refractivity contribution in [3.63, 3.8) is 0 Å². The minimum absolute atomic E-state index is 0.234. The van der Waals surface area contributed by atoms with Gasteiger partial charge in [0.15, 0.2) is 0 Å². The van der Waals surface area contributed by atoms with Gasteiger partial charge in [-0.15, -0.1) is 0 Å². The van der Waals surface area contributed by atoms with Crippen LogP contribution in [0.5, 0.6) is 0 Å². The third-order valence-corrected chi connectivity index (χ3v) is 4.96. The van der Waals surface area contributed by atoms with E-state index < -0.39 is 26.5 Å². The summed E-state index contributed by atoms with van der Waals surface area (Å²) in [5.41, 5.74) is -0.821. The summed E-state index contributed by atoms with van der Waals surface area (Å²) in [6.45, 7) is 0.793. The van der Waals surface area contributed by atoms with E-state index in [2.05, 4.69) is 0 Å². The highest BCUT2D eigenvalue weighted by Gasteiger charge is 2.28. The fourth-order valence-electron chi connectivity index (χ4n) is 2.05. The third kappa shape index (κ3) is 2.74. The molecule has 0 amide bonds. The number of halogens is 1. The lowest BCUT2D eigenvalue weighted by Gasteiger charge is -2.25. The number of nitro groups is 1. The topological polar surface area (TPSA) is 80.5 Å². The van der Waals surface area contributed by atoms with E-state index >= 15 is 0 Å². The first-order chi connectivity index (χ1) is 8.93. The van der Waals surface area contributed by atoms with Crippen molar-refractivity contribution < 1.29 is 17.7 Å². The van der Waals surface area contributed by atoms with Crippen molar-refractivity contribution in [2.75, 3.05) is 13.1 Å². The summed E-state index contributed by atoms with van der Waals surface area (Å²) in [7, 11) is -3.77. The van der Waals surface area contributed by atoms with Gasteiger partial charge in [0, 0.05) is 19.2 Å². The van der Waals surface area contributed by atoms with E-state index in [1.165, 1.54) is 4.31 Å². The van der Waals surface area contributed by atoms with Crippen molar-refractivity contribution in [1.82, 2.24) is 4.31 Å². The molecule has 104 valence electrons. The number of piperidine rings is 1. The normalized spacial score (nSPS) is 17.3. The largest absolute Gasteiger partial charge is 0.306 e. The van der Waals surface area contributed by atoms with E-state index in [1.807, 2.05) is 0 Å². The lowest BCUT2D eigenvalue weighted by atomic mass is 10.2. The Morgan fingerprint density at radius 2 is 1.84 bits per heavy atom. The number of hydrogen-bond acceptors (Lipinski definition) is 4. The predicted molar refractivity (Wildman–Crippen MR) is 65.7 cm³/mol. The van der Waals surface area contributed by atoms with Crippen LogP contribution in [0.25, 0.3) is 0 Å². The van der Waals surface area contributed by atoms with Crippen molar-refractivity contribution in [2.24, 2.45) is 0 Å². The number of sulfonamides is 1. The van der Waals surface area contributed by atoms with Crippen LogP contribution in [0.15, 0.2) is 23.1 Å². The van der Waals surface area contributed by atoms with Crippen LogP contribution >= 0.6 is 0 Å². The zero-order valence-corrected chi connectivity index (χ0v) is 10.9. The number of hydrogen-bond donors (Lipinski definition) is 0. The van der Waals surface area contributed by atoms with E-state index in [9.17, 15) is 22.9 Å². The van der Waals surface area contributed by atoms with Crippen LogP contribution in [0.1, 0.15) is 19.3 Å². The van der Waals surface area contributed by atoms with Crippen molar-refractivity contribution in [1.29, 1.82) is 0 Å². The van der Waals surface area contributed by atoms with Gasteiger partial charge in [-0.2, -0.15) is 8.70 Å². The summed E-state index contributed by atoms with van der Waals surface area (Å²) in [6.07, 6.45) is 2.50. The summed E-state index contributed by atoms with van der Waals surface area (Å²) in [6, 6.07) is 2.65. The Labute approximate surface area is 110 Å². The predicted octanol–water partition coefficient (Wildman–Crippen LogP) is 1.91. The summed E-state index contributed by atoms with van der Waals surface area (Å²) in [5, 5.41) is 10.6. The standard InChI is InChI=1S/C11H13FN2O4S/c12-10-5-4-9(8-11(10)14(15)16)19(17,18)13-6-2-1-3-7-13/h4-5,8H,1-3,6-7H2. The first kappa shape index (κ1) is 13.9. The molecule has 0 saturated carbocycles. The summed E-state index contributed by atoms with van der Waals surface area (Å²) < 4.78 is 39.0. The minimum Gasteiger partial charge on any atom is -0.258 e. The Morgan fingerprint density at radius 1 is 1.21 bits per heavy atom. The Morgan fingerprint density at radius 3 is 2.42 bits per heavy atom. The second kappa shape index (κ2) is 5.22. The van der Waals surface area contributed by atoms with Crippen LogP contribution < -0.4 is 0 Å². The molecule has 0 atom stereocenters. The molecular formula is C11H13FN2O4S. The van der Waals surface area contributed by atoms with Gasteiger partial charge in [0.25, 0.3) is 0 Å². The maximum atomic E-state index is 13.2. The molecule has 1 aliphatic rings. The van der Waals surface area contributed by atoms with Gasteiger partial charge >= 0.3 is 5.69 Å². The van der Waals surface area contributed by atoms with E-state index in [1.54, 1.807) is 0 Å². The van der Waals surface area contributed by atoms with Gasteiger partial charge in [0.05, 0.1) is 9.82 Å². The molecule has 0 aliphatic carbocycles. The maximum absolute atomic E-state index is 13.2. The molecule has 1 aliphatic heterocycles. The maximum Gasteiger partial charge on any atom is 0.306 e. The number of nitro benzene ring substituents is 1. The molecule has 0 radical (unpaired) electrons. The molecule has 0 aromatic heterocycles. The Hall–Kier alpha value is -1.54. The second-order valence-corrected chi connectivity index (χ2v) is 6.27. The summed E-state index contributed by atoms with van der Waals surface area (Å²) in [5.74, 6) is -1.04. The van der Waals surface area contributed by atoms with E-state index in [4.69, 9.17) is 0 Å². The summed E-state index contributed by atoms with van der Waals surface area (Å²) >= 11 is 0. The molecule has 19 heavy (non-hydrogen) atoms. The molecule has 0 bridgehead atoms. The monoisotopic (exact) mass is 288 g/mol. The zero-order chi connectivity index (χ0) is 14.0. The van der Waals surface area contributed by atoms with Crippen molar-refractivity contribution >= 4 is 15.7 Å². The minimum atomic E-state index is -3.77. The lowest BCUT2D eigenvalue weighted by Crippen LogP contribution is -2.35. The fraction of sp³-hybridized carbons (Fsp3) is 0.455. The summed E-state index contributed by atoms with van der Waals surface area (Å²) in [4.78, 5) is 9.47. The number of benzene rings is 1. The Bertz CT molecular complexity index is 597. The lowest BCUT2D eigenvalue weighted by molar-refractivity contribution is -0.387. The molecule has 0 spiro atoms. The highest BCUT2D eigenvalue weighted by molar-refractivity contribution is 7.89. The second-order valence-electron chi connectivity index (χ2n) is 4.34. The smallest absolute Gasteiger partial charge is 0.258 e. The highest BCUT2D eigenvalue weighted by Crippen LogP contribution is 2.25. The van der Waals surface area contributed by atoms with Crippen LogP contribution in [-0.2, 0) is 10.0 Å². The van der Waals surface area contributed by atoms with Crippen LogP contribution in [0.4, 0.5) is 10.1 Å². The molecule has 0 unspecified atom stereocenters. The average molecular weight is 288 g/mol. The first-order valence-electron chi connectivity index (χ1n) is 5.87. The molecule has 1 fully saturated rings. The van der Waals surface area contributed by atoms with Crippen LogP contribution in [-0.4, -0.2) is 30.7 Å². The van der Waals surface area contributed by atoms with Crippen LogP contribution in [0.3, 0.4) is 0 Å². The SMILES string of the molecule is O=[N+]([O-])c1cc(S(=O)(=O)N2CCCCC2)ccc1F. The van der Waals surface area contributed by atoms with Gasteiger partial charge in [-0.3, -0.25) is 10.1 Å². The molecule has 1 heterocycles. The first-order valence-corrected chi connectivity index (χ1v) is 7.31. The van der Waals surface area contributed by atoms with E-state index in [0.717, 1.165) is 37.5 Å².